The van der Waals surface area contributed by atoms with Crippen LogP contribution in [0, 0.1) is 0 Å². The SMILES string of the molecule is FC1CCN2CCN(Cc3ccccc3)CC2C1. The normalized spacial score (nSPS) is 30.1. The van der Waals surface area contributed by atoms with E-state index in [-0.39, 0.29) is 0 Å². The maximum atomic E-state index is 13.5. The Morgan fingerprint density at radius 2 is 1.94 bits per heavy atom. The minimum absolute atomic E-state index is 0.436. The molecule has 2 unspecified atom stereocenters. The largest absolute Gasteiger partial charge is 0.298 e. The average molecular weight is 248 g/mol. The van der Waals surface area contributed by atoms with Gasteiger partial charge in [-0.05, 0) is 18.4 Å². The second-order valence-corrected chi connectivity index (χ2v) is 5.53. The van der Waals surface area contributed by atoms with Crippen LogP contribution in [0.25, 0.3) is 0 Å². The first-order valence-electron chi connectivity index (χ1n) is 6.95. The Bertz CT molecular complexity index is 381. The summed E-state index contributed by atoms with van der Waals surface area (Å²) < 4.78 is 13.5. The molecule has 0 radical (unpaired) electrons. The molecule has 2 saturated heterocycles. The fraction of sp³-hybridized carbons (Fsp3) is 0.600. The number of rotatable bonds is 2. The molecule has 1 aromatic carbocycles. The third-order valence-corrected chi connectivity index (χ3v) is 4.20. The number of halogens is 1. The summed E-state index contributed by atoms with van der Waals surface area (Å²) >= 11 is 0. The fourth-order valence-corrected chi connectivity index (χ4v) is 3.18. The highest BCUT2D eigenvalue weighted by Gasteiger charge is 2.32. The highest BCUT2D eigenvalue weighted by Crippen LogP contribution is 2.24. The van der Waals surface area contributed by atoms with E-state index in [1.165, 1.54) is 5.56 Å². The number of hydrogen-bond donors (Lipinski definition) is 0. The lowest BCUT2D eigenvalue weighted by Crippen LogP contribution is -2.56. The van der Waals surface area contributed by atoms with Gasteiger partial charge in [-0.2, -0.15) is 0 Å². The van der Waals surface area contributed by atoms with Crippen LogP contribution in [0.15, 0.2) is 30.3 Å². The lowest BCUT2D eigenvalue weighted by molar-refractivity contribution is 0.0184. The van der Waals surface area contributed by atoms with E-state index in [4.69, 9.17) is 0 Å². The highest BCUT2D eigenvalue weighted by atomic mass is 19.1. The molecule has 0 saturated carbocycles. The maximum absolute atomic E-state index is 13.5. The number of piperazine rings is 1. The molecule has 3 rings (SSSR count). The first-order valence-corrected chi connectivity index (χ1v) is 6.95. The molecule has 0 spiro atoms. The monoisotopic (exact) mass is 248 g/mol. The van der Waals surface area contributed by atoms with E-state index in [1.54, 1.807) is 0 Å². The van der Waals surface area contributed by atoms with Crippen molar-refractivity contribution in [3.8, 4) is 0 Å². The summed E-state index contributed by atoms with van der Waals surface area (Å²) in [6.07, 6.45) is 0.878. The zero-order chi connectivity index (χ0) is 12.4. The first-order chi connectivity index (χ1) is 8.81. The third-order valence-electron chi connectivity index (χ3n) is 4.20. The summed E-state index contributed by atoms with van der Waals surface area (Å²) in [5.74, 6) is 0. The minimum atomic E-state index is -0.581. The zero-order valence-corrected chi connectivity index (χ0v) is 10.8. The lowest BCUT2D eigenvalue weighted by Gasteiger charge is -2.44. The number of piperidine rings is 1. The van der Waals surface area contributed by atoms with Crippen molar-refractivity contribution in [2.75, 3.05) is 26.2 Å². The Labute approximate surface area is 108 Å². The molecule has 2 aliphatic rings. The molecular weight excluding hydrogens is 227 g/mol. The Morgan fingerprint density at radius 1 is 1.11 bits per heavy atom. The Kier molecular flexibility index (Phi) is 3.62. The number of nitrogens with zero attached hydrogens (tertiary/aromatic N) is 2. The predicted octanol–water partition coefficient (Wildman–Crippen LogP) is 2.30. The number of hydrogen-bond acceptors (Lipinski definition) is 2. The summed E-state index contributed by atoms with van der Waals surface area (Å²) in [6.45, 7) is 5.19. The first kappa shape index (κ1) is 12.1. The van der Waals surface area contributed by atoms with Crippen LogP contribution < -0.4 is 0 Å². The molecule has 18 heavy (non-hydrogen) atoms. The summed E-state index contributed by atoms with van der Waals surface area (Å²) in [5, 5.41) is 0. The molecule has 0 N–H and O–H groups in total. The molecule has 0 aromatic heterocycles. The molecule has 0 bridgehead atoms. The van der Waals surface area contributed by atoms with E-state index in [1.807, 2.05) is 0 Å². The second kappa shape index (κ2) is 5.37. The topological polar surface area (TPSA) is 6.48 Å². The second-order valence-electron chi connectivity index (χ2n) is 5.53. The number of alkyl halides is 1. The van der Waals surface area contributed by atoms with Crippen molar-refractivity contribution >= 4 is 0 Å². The van der Waals surface area contributed by atoms with Gasteiger partial charge < -0.3 is 0 Å². The smallest absolute Gasteiger partial charge is 0.103 e. The zero-order valence-electron chi connectivity index (χ0n) is 10.8. The van der Waals surface area contributed by atoms with Gasteiger partial charge in [-0.3, -0.25) is 9.80 Å². The van der Waals surface area contributed by atoms with Gasteiger partial charge in [0.1, 0.15) is 6.17 Å². The molecule has 98 valence electrons. The highest BCUT2D eigenvalue weighted by molar-refractivity contribution is 5.14. The molecule has 0 amide bonds. The van der Waals surface area contributed by atoms with Gasteiger partial charge in [-0.1, -0.05) is 30.3 Å². The van der Waals surface area contributed by atoms with Crippen LogP contribution in [0.5, 0.6) is 0 Å². The van der Waals surface area contributed by atoms with Gasteiger partial charge in [-0.25, -0.2) is 4.39 Å². The molecule has 2 nitrogen and oxygen atoms in total. The maximum Gasteiger partial charge on any atom is 0.103 e. The van der Waals surface area contributed by atoms with Crippen LogP contribution in [-0.4, -0.2) is 48.2 Å². The molecular formula is C15H21FN2. The van der Waals surface area contributed by atoms with E-state index in [0.29, 0.717) is 6.04 Å². The van der Waals surface area contributed by atoms with Gasteiger partial charge in [-0.15, -0.1) is 0 Å². The van der Waals surface area contributed by atoms with Gasteiger partial charge >= 0.3 is 0 Å². The molecule has 2 aliphatic heterocycles. The van der Waals surface area contributed by atoms with Gasteiger partial charge in [0, 0.05) is 38.8 Å². The minimum Gasteiger partial charge on any atom is -0.298 e. The summed E-state index contributed by atoms with van der Waals surface area (Å²) in [7, 11) is 0. The van der Waals surface area contributed by atoms with Crippen LogP contribution in [-0.2, 0) is 6.54 Å². The summed E-state index contributed by atoms with van der Waals surface area (Å²) in [6, 6.07) is 11.0. The molecule has 1 aromatic rings. The van der Waals surface area contributed by atoms with Crippen LogP contribution >= 0.6 is 0 Å². The Morgan fingerprint density at radius 3 is 2.78 bits per heavy atom. The molecule has 2 fully saturated rings. The van der Waals surface area contributed by atoms with Crippen molar-refractivity contribution in [1.29, 1.82) is 0 Å². The van der Waals surface area contributed by atoms with Crippen LogP contribution in [0.3, 0.4) is 0 Å². The van der Waals surface area contributed by atoms with Gasteiger partial charge in [0.15, 0.2) is 0 Å². The lowest BCUT2D eigenvalue weighted by atomic mass is 9.98. The van der Waals surface area contributed by atoms with E-state index >= 15 is 0 Å². The van der Waals surface area contributed by atoms with Crippen LogP contribution in [0.1, 0.15) is 18.4 Å². The van der Waals surface area contributed by atoms with Gasteiger partial charge in [0.25, 0.3) is 0 Å². The van der Waals surface area contributed by atoms with Gasteiger partial charge in [0.2, 0.25) is 0 Å². The number of benzene rings is 1. The standard InChI is InChI=1S/C15H21FN2/c16-14-6-7-18-9-8-17(12-15(18)10-14)11-13-4-2-1-3-5-13/h1-5,14-15H,6-12H2. The predicted molar refractivity (Wildman–Crippen MR) is 71.2 cm³/mol. The van der Waals surface area contributed by atoms with Crippen molar-refractivity contribution in [1.82, 2.24) is 9.80 Å². The van der Waals surface area contributed by atoms with Crippen molar-refractivity contribution in [3.63, 3.8) is 0 Å². The Hall–Kier alpha value is -0.930. The Balaban J connectivity index is 1.59. The van der Waals surface area contributed by atoms with Gasteiger partial charge in [0.05, 0.1) is 0 Å². The van der Waals surface area contributed by atoms with Crippen molar-refractivity contribution in [3.05, 3.63) is 35.9 Å². The molecule has 2 heterocycles. The summed E-state index contributed by atoms with van der Waals surface area (Å²) in [4.78, 5) is 4.94. The van der Waals surface area contributed by atoms with E-state index in [2.05, 4.69) is 40.1 Å². The fourth-order valence-electron chi connectivity index (χ4n) is 3.18. The quantitative estimate of drug-likeness (QED) is 0.792. The van der Waals surface area contributed by atoms with E-state index in [0.717, 1.165) is 45.6 Å². The van der Waals surface area contributed by atoms with Crippen LogP contribution in [0.4, 0.5) is 4.39 Å². The molecule has 3 heteroatoms. The molecule has 2 atom stereocenters. The number of fused-ring (bicyclic) bond motifs is 1. The van der Waals surface area contributed by atoms with E-state index in [9.17, 15) is 4.39 Å². The summed E-state index contributed by atoms with van der Waals surface area (Å²) in [5.41, 5.74) is 1.36. The average Bonchev–Trinajstić information content (AvgIpc) is 2.39. The van der Waals surface area contributed by atoms with E-state index < -0.39 is 6.17 Å². The van der Waals surface area contributed by atoms with Crippen molar-refractivity contribution in [2.24, 2.45) is 0 Å². The van der Waals surface area contributed by atoms with Crippen LogP contribution in [0.2, 0.25) is 0 Å². The van der Waals surface area contributed by atoms with Crippen molar-refractivity contribution < 1.29 is 4.39 Å². The third kappa shape index (κ3) is 2.73. The molecule has 0 aliphatic carbocycles. The van der Waals surface area contributed by atoms with Crippen molar-refractivity contribution in [2.45, 2.75) is 31.6 Å².